The number of para-hydroxylation sites is 1. The van der Waals surface area contributed by atoms with E-state index in [1.54, 1.807) is 18.5 Å². The summed E-state index contributed by atoms with van der Waals surface area (Å²) in [5, 5.41) is 3.23. The third-order valence-corrected chi connectivity index (χ3v) is 3.47. The minimum absolute atomic E-state index is 0.187. The Morgan fingerprint density at radius 2 is 2.14 bits per heavy atom. The molecule has 3 heterocycles. The summed E-state index contributed by atoms with van der Waals surface area (Å²) in [4.78, 5) is 22.8. The Hall–Kier alpha value is -3.03. The number of halogens is 1. The molecule has 0 saturated carbocycles. The zero-order chi connectivity index (χ0) is 15.1. The highest BCUT2D eigenvalue weighted by atomic mass is 19.1. The maximum absolute atomic E-state index is 13.7. The van der Waals surface area contributed by atoms with Gasteiger partial charge in [0.1, 0.15) is 23.2 Å². The molecule has 3 N–H and O–H groups in total. The summed E-state index contributed by atoms with van der Waals surface area (Å²) in [5.41, 5.74) is 2.30. The minimum Gasteiger partial charge on any atom is -0.359 e. The fraction of sp³-hybridized carbons (Fsp3) is 0.143. The first-order valence-corrected chi connectivity index (χ1v) is 6.77. The Morgan fingerprint density at radius 3 is 3.00 bits per heavy atom. The molecule has 0 spiro atoms. The van der Waals surface area contributed by atoms with Crippen LogP contribution >= 0.6 is 0 Å². The summed E-state index contributed by atoms with van der Waals surface area (Å²) < 4.78 is 13.7. The Kier molecular flexibility index (Phi) is 2.75. The van der Waals surface area contributed by atoms with Crippen molar-refractivity contribution in [3.05, 3.63) is 42.5 Å². The summed E-state index contributed by atoms with van der Waals surface area (Å²) in [6.45, 7) is 1.92. The Bertz CT molecular complexity index is 958. The van der Waals surface area contributed by atoms with Gasteiger partial charge in [-0.2, -0.15) is 0 Å². The van der Waals surface area contributed by atoms with E-state index in [-0.39, 0.29) is 11.9 Å². The monoisotopic (exact) mass is 297 g/mol. The summed E-state index contributed by atoms with van der Waals surface area (Å²) >= 11 is 0. The van der Waals surface area contributed by atoms with E-state index in [2.05, 4.69) is 35.2 Å². The van der Waals surface area contributed by atoms with Gasteiger partial charge in [0.25, 0.3) is 0 Å². The number of imidazole rings is 2. The van der Waals surface area contributed by atoms with Crippen LogP contribution in [0.4, 0.5) is 10.2 Å². The van der Waals surface area contributed by atoms with Gasteiger partial charge in [0.2, 0.25) is 0 Å². The van der Waals surface area contributed by atoms with Crippen LogP contribution in [-0.4, -0.2) is 29.9 Å². The molecule has 0 bridgehead atoms. The molecule has 22 heavy (non-hydrogen) atoms. The van der Waals surface area contributed by atoms with Crippen LogP contribution in [0.2, 0.25) is 0 Å². The van der Waals surface area contributed by atoms with Crippen LogP contribution in [0.3, 0.4) is 0 Å². The third kappa shape index (κ3) is 1.96. The SMILES string of the molecule is CC(Nc1ncnc2nc[nH]c12)c1nc2c(F)cccc2[nH]1. The molecular formula is C14H12FN7. The van der Waals surface area contributed by atoms with Gasteiger partial charge in [0.05, 0.1) is 17.9 Å². The quantitative estimate of drug-likeness (QED) is 0.540. The van der Waals surface area contributed by atoms with Crippen LogP contribution < -0.4 is 5.32 Å². The molecule has 0 aliphatic rings. The zero-order valence-electron chi connectivity index (χ0n) is 11.6. The van der Waals surface area contributed by atoms with Crippen molar-refractivity contribution in [1.82, 2.24) is 29.9 Å². The largest absolute Gasteiger partial charge is 0.359 e. The van der Waals surface area contributed by atoms with Crippen molar-refractivity contribution in [2.75, 3.05) is 5.32 Å². The third-order valence-electron chi connectivity index (χ3n) is 3.47. The molecule has 1 unspecified atom stereocenters. The van der Waals surface area contributed by atoms with E-state index in [1.807, 2.05) is 6.92 Å². The van der Waals surface area contributed by atoms with Gasteiger partial charge >= 0.3 is 0 Å². The van der Waals surface area contributed by atoms with E-state index in [9.17, 15) is 4.39 Å². The molecule has 7 nitrogen and oxygen atoms in total. The molecule has 0 radical (unpaired) electrons. The van der Waals surface area contributed by atoms with Gasteiger partial charge < -0.3 is 15.3 Å². The minimum atomic E-state index is -0.342. The van der Waals surface area contributed by atoms with Crippen molar-refractivity contribution in [3.8, 4) is 0 Å². The van der Waals surface area contributed by atoms with Gasteiger partial charge in [0, 0.05) is 0 Å². The molecular weight excluding hydrogens is 285 g/mol. The lowest BCUT2D eigenvalue weighted by Crippen LogP contribution is -2.10. The number of hydrogen-bond acceptors (Lipinski definition) is 5. The molecule has 8 heteroatoms. The molecule has 0 saturated heterocycles. The highest BCUT2D eigenvalue weighted by molar-refractivity contribution is 5.82. The molecule has 1 aromatic carbocycles. The summed E-state index contributed by atoms with van der Waals surface area (Å²) in [6, 6.07) is 4.65. The summed E-state index contributed by atoms with van der Waals surface area (Å²) in [7, 11) is 0. The zero-order valence-corrected chi connectivity index (χ0v) is 11.6. The van der Waals surface area contributed by atoms with E-state index in [0.29, 0.717) is 28.3 Å². The summed E-state index contributed by atoms with van der Waals surface area (Å²) in [5.74, 6) is 0.910. The number of H-pyrrole nitrogens is 2. The maximum atomic E-state index is 13.7. The predicted octanol–water partition coefficient (Wildman–Crippen LogP) is 2.54. The van der Waals surface area contributed by atoms with E-state index >= 15 is 0 Å². The number of hydrogen-bond donors (Lipinski definition) is 3. The van der Waals surface area contributed by atoms with Gasteiger partial charge in [-0.25, -0.2) is 24.3 Å². The lowest BCUT2D eigenvalue weighted by molar-refractivity contribution is 0.636. The van der Waals surface area contributed by atoms with Crippen molar-refractivity contribution in [1.29, 1.82) is 0 Å². The van der Waals surface area contributed by atoms with E-state index in [1.165, 1.54) is 12.4 Å². The van der Waals surface area contributed by atoms with Crippen molar-refractivity contribution in [2.45, 2.75) is 13.0 Å². The van der Waals surface area contributed by atoms with Crippen LogP contribution in [0, 0.1) is 5.82 Å². The number of anilines is 1. The highest BCUT2D eigenvalue weighted by Crippen LogP contribution is 2.23. The molecule has 0 fully saturated rings. The number of fused-ring (bicyclic) bond motifs is 2. The first kappa shape index (κ1) is 12.7. The Labute approximate surface area is 124 Å². The normalized spacial score (nSPS) is 12.8. The second kappa shape index (κ2) is 4.76. The fourth-order valence-electron chi connectivity index (χ4n) is 2.37. The maximum Gasteiger partial charge on any atom is 0.182 e. The molecule has 0 amide bonds. The molecule has 4 aromatic rings. The van der Waals surface area contributed by atoms with Crippen LogP contribution in [0.25, 0.3) is 22.2 Å². The molecule has 1 atom stereocenters. The Balaban J connectivity index is 1.70. The fourth-order valence-corrected chi connectivity index (χ4v) is 2.37. The molecule has 0 aliphatic carbocycles. The standard InChI is InChI=1S/C14H12FN7/c1-7(12-21-9-4-2-3-8(15)10(9)22-12)20-14-11-13(17-5-16-11)18-6-19-14/h2-7H,1H3,(H,21,22)(H2,16,17,18,19,20). The number of benzene rings is 1. The number of nitrogens with zero attached hydrogens (tertiary/aromatic N) is 4. The van der Waals surface area contributed by atoms with Crippen molar-refractivity contribution in [2.24, 2.45) is 0 Å². The molecule has 4 rings (SSSR count). The van der Waals surface area contributed by atoms with Gasteiger partial charge in [-0.05, 0) is 19.1 Å². The number of aromatic amines is 2. The molecule has 0 aliphatic heterocycles. The topological polar surface area (TPSA) is 95.2 Å². The van der Waals surface area contributed by atoms with E-state index in [0.717, 1.165) is 5.52 Å². The Morgan fingerprint density at radius 1 is 1.23 bits per heavy atom. The van der Waals surface area contributed by atoms with Gasteiger partial charge in [-0.3, -0.25) is 0 Å². The van der Waals surface area contributed by atoms with Crippen molar-refractivity contribution in [3.63, 3.8) is 0 Å². The first-order chi connectivity index (χ1) is 10.7. The van der Waals surface area contributed by atoms with Gasteiger partial charge in [-0.1, -0.05) is 6.07 Å². The van der Waals surface area contributed by atoms with Crippen molar-refractivity contribution < 1.29 is 4.39 Å². The number of aromatic nitrogens is 6. The second-order valence-electron chi connectivity index (χ2n) is 4.95. The van der Waals surface area contributed by atoms with E-state index in [4.69, 9.17) is 0 Å². The van der Waals surface area contributed by atoms with E-state index < -0.39 is 0 Å². The molecule has 110 valence electrons. The van der Waals surface area contributed by atoms with Gasteiger partial charge in [-0.15, -0.1) is 0 Å². The van der Waals surface area contributed by atoms with Crippen molar-refractivity contribution >= 4 is 28.0 Å². The molecule has 3 aromatic heterocycles. The average Bonchev–Trinajstić information content (AvgIpc) is 3.14. The smallest absolute Gasteiger partial charge is 0.182 e. The lowest BCUT2D eigenvalue weighted by Gasteiger charge is -2.12. The first-order valence-electron chi connectivity index (χ1n) is 6.77. The highest BCUT2D eigenvalue weighted by Gasteiger charge is 2.15. The van der Waals surface area contributed by atoms with Crippen LogP contribution in [0.15, 0.2) is 30.9 Å². The second-order valence-corrected chi connectivity index (χ2v) is 4.95. The summed E-state index contributed by atoms with van der Waals surface area (Å²) in [6.07, 6.45) is 3.00. The lowest BCUT2D eigenvalue weighted by atomic mass is 10.3. The predicted molar refractivity (Wildman–Crippen MR) is 79.8 cm³/mol. The number of nitrogens with one attached hydrogen (secondary N) is 3. The van der Waals surface area contributed by atoms with Crippen LogP contribution in [0.5, 0.6) is 0 Å². The van der Waals surface area contributed by atoms with Crippen LogP contribution in [0.1, 0.15) is 18.8 Å². The van der Waals surface area contributed by atoms with Gasteiger partial charge in [0.15, 0.2) is 17.3 Å². The number of rotatable bonds is 3. The average molecular weight is 297 g/mol. The van der Waals surface area contributed by atoms with Crippen LogP contribution in [-0.2, 0) is 0 Å².